The fourth-order valence-electron chi connectivity index (χ4n) is 2.49. The molecular weight excluding hydrogens is 247 g/mol. The summed E-state index contributed by atoms with van der Waals surface area (Å²) >= 11 is 0. The molecule has 5 heteroatoms. The highest BCUT2D eigenvalue weighted by Crippen LogP contribution is 2.21. The van der Waals surface area contributed by atoms with Crippen LogP contribution in [0.2, 0.25) is 0 Å². The van der Waals surface area contributed by atoms with Gasteiger partial charge in [0, 0.05) is 18.2 Å². The Bertz CT molecular complexity index is 457. The minimum atomic E-state index is -0.552. The minimum absolute atomic E-state index is 0.122. The second kappa shape index (κ2) is 6.02. The van der Waals surface area contributed by atoms with E-state index in [2.05, 4.69) is 10.6 Å². The summed E-state index contributed by atoms with van der Waals surface area (Å²) in [5.74, 6) is -1.21. The SMILES string of the molecule is CNC1CCC(NC(=O)c2ccc(F)cc2O)CC1. The Balaban J connectivity index is 1.94. The van der Waals surface area contributed by atoms with E-state index in [-0.39, 0.29) is 23.3 Å². The number of benzene rings is 1. The van der Waals surface area contributed by atoms with Crippen LogP contribution in [-0.4, -0.2) is 30.1 Å². The topological polar surface area (TPSA) is 61.4 Å². The van der Waals surface area contributed by atoms with Crippen LogP contribution in [0.5, 0.6) is 5.75 Å². The first-order valence-electron chi connectivity index (χ1n) is 6.57. The molecule has 0 saturated heterocycles. The Morgan fingerprint density at radius 3 is 2.47 bits per heavy atom. The van der Waals surface area contributed by atoms with Crippen molar-refractivity contribution in [3.05, 3.63) is 29.6 Å². The lowest BCUT2D eigenvalue weighted by atomic mass is 9.91. The number of hydrogen-bond donors (Lipinski definition) is 3. The molecule has 4 nitrogen and oxygen atoms in total. The maximum Gasteiger partial charge on any atom is 0.255 e. The second-order valence-corrected chi connectivity index (χ2v) is 4.97. The van der Waals surface area contributed by atoms with Crippen LogP contribution in [0, 0.1) is 5.82 Å². The lowest BCUT2D eigenvalue weighted by molar-refractivity contribution is 0.0922. The van der Waals surface area contributed by atoms with Crippen molar-refractivity contribution >= 4 is 5.91 Å². The van der Waals surface area contributed by atoms with Crippen LogP contribution >= 0.6 is 0 Å². The Morgan fingerprint density at radius 1 is 1.26 bits per heavy atom. The first-order chi connectivity index (χ1) is 9.10. The third-order valence-corrected chi connectivity index (χ3v) is 3.68. The van der Waals surface area contributed by atoms with Crippen molar-refractivity contribution < 1.29 is 14.3 Å². The zero-order valence-electron chi connectivity index (χ0n) is 10.9. The predicted molar refractivity (Wildman–Crippen MR) is 70.6 cm³/mol. The molecule has 19 heavy (non-hydrogen) atoms. The van der Waals surface area contributed by atoms with Gasteiger partial charge in [-0.2, -0.15) is 0 Å². The Labute approximate surface area is 112 Å². The van der Waals surface area contributed by atoms with E-state index in [1.165, 1.54) is 12.1 Å². The fraction of sp³-hybridized carbons (Fsp3) is 0.500. The summed E-state index contributed by atoms with van der Waals surface area (Å²) in [6.45, 7) is 0. The Kier molecular flexibility index (Phi) is 4.37. The lowest BCUT2D eigenvalue weighted by Crippen LogP contribution is -2.41. The lowest BCUT2D eigenvalue weighted by Gasteiger charge is -2.28. The molecule has 0 aromatic heterocycles. The third kappa shape index (κ3) is 3.44. The van der Waals surface area contributed by atoms with Crippen LogP contribution in [0.15, 0.2) is 18.2 Å². The average molecular weight is 266 g/mol. The van der Waals surface area contributed by atoms with Gasteiger partial charge in [0.05, 0.1) is 5.56 Å². The van der Waals surface area contributed by atoms with Gasteiger partial charge in [-0.3, -0.25) is 4.79 Å². The van der Waals surface area contributed by atoms with E-state index in [0.717, 1.165) is 31.7 Å². The first kappa shape index (κ1) is 13.8. The molecule has 0 atom stereocenters. The van der Waals surface area contributed by atoms with Crippen LogP contribution < -0.4 is 10.6 Å². The summed E-state index contributed by atoms with van der Waals surface area (Å²) in [4.78, 5) is 12.0. The van der Waals surface area contributed by atoms with Crippen LogP contribution in [0.3, 0.4) is 0 Å². The van der Waals surface area contributed by atoms with Gasteiger partial charge in [0.2, 0.25) is 0 Å². The number of rotatable bonds is 3. The Morgan fingerprint density at radius 2 is 1.89 bits per heavy atom. The predicted octanol–water partition coefficient (Wildman–Crippen LogP) is 1.79. The molecule has 1 aliphatic carbocycles. The smallest absolute Gasteiger partial charge is 0.255 e. The highest BCUT2D eigenvalue weighted by molar-refractivity contribution is 5.96. The molecule has 1 fully saturated rings. The molecule has 0 radical (unpaired) electrons. The standard InChI is InChI=1S/C14H19FN2O2/c1-16-10-3-5-11(6-4-10)17-14(19)12-7-2-9(15)8-13(12)18/h2,7-8,10-11,16,18H,3-6H2,1H3,(H,17,19). The van der Waals surface area contributed by atoms with Crippen molar-refractivity contribution in [3.63, 3.8) is 0 Å². The summed E-state index contributed by atoms with van der Waals surface area (Å²) in [6.07, 6.45) is 3.88. The van der Waals surface area contributed by atoms with E-state index in [4.69, 9.17) is 0 Å². The molecule has 0 unspecified atom stereocenters. The summed E-state index contributed by atoms with van der Waals surface area (Å²) in [6, 6.07) is 4.08. The van der Waals surface area contributed by atoms with Crippen molar-refractivity contribution in [2.75, 3.05) is 7.05 Å². The summed E-state index contributed by atoms with van der Waals surface area (Å²) < 4.78 is 12.9. The zero-order valence-corrected chi connectivity index (χ0v) is 10.9. The minimum Gasteiger partial charge on any atom is -0.507 e. The summed E-state index contributed by atoms with van der Waals surface area (Å²) in [7, 11) is 1.94. The highest BCUT2D eigenvalue weighted by atomic mass is 19.1. The molecule has 0 spiro atoms. The molecule has 1 aromatic rings. The van der Waals surface area contributed by atoms with Gasteiger partial charge in [0.15, 0.2) is 0 Å². The van der Waals surface area contributed by atoms with Gasteiger partial charge in [-0.25, -0.2) is 4.39 Å². The molecule has 1 amide bonds. The molecule has 2 rings (SSSR count). The van der Waals surface area contributed by atoms with E-state index in [1.54, 1.807) is 0 Å². The van der Waals surface area contributed by atoms with Crippen molar-refractivity contribution in [2.45, 2.75) is 37.8 Å². The molecule has 0 bridgehead atoms. The third-order valence-electron chi connectivity index (χ3n) is 3.68. The largest absolute Gasteiger partial charge is 0.507 e. The average Bonchev–Trinajstić information content (AvgIpc) is 2.39. The van der Waals surface area contributed by atoms with Gasteiger partial charge in [-0.15, -0.1) is 0 Å². The normalized spacial score (nSPS) is 23.1. The fourth-order valence-corrected chi connectivity index (χ4v) is 2.49. The summed E-state index contributed by atoms with van der Waals surface area (Å²) in [5.41, 5.74) is 0.122. The molecule has 1 aliphatic rings. The van der Waals surface area contributed by atoms with Gasteiger partial charge in [0.25, 0.3) is 5.91 Å². The maximum atomic E-state index is 12.9. The van der Waals surface area contributed by atoms with Crippen molar-refractivity contribution in [1.82, 2.24) is 10.6 Å². The van der Waals surface area contributed by atoms with Crippen LogP contribution in [0.4, 0.5) is 4.39 Å². The van der Waals surface area contributed by atoms with E-state index >= 15 is 0 Å². The number of carbonyl (C=O) groups is 1. The molecule has 0 aliphatic heterocycles. The number of amides is 1. The number of aromatic hydroxyl groups is 1. The number of phenols is 1. The Hall–Kier alpha value is -1.62. The van der Waals surface area contributed by atoms with Gasteiger partial charge < -0.3 is 15.7 Å². The highest BCUT2D eigenvalue weighted by Gasteiger charge is 2.22. The molecule has 1 saturated carbocycles. The molecular formula is C14H19FN2O2. The van der Waals surface area contributed by atoms with E-state index < -0.39 is 5.82 Å². The number of carbonyl (C=O) groups excluding carboxylic acids is 1. The van der Waals surface area contributed by atoms with Gasteiger partial charge in [0.1, 0.15) is 11.6 Å². The molecule has 104 valence electrons. The van der Waals surface area contributed by atoms with E-state index in [0.29, 0.717) is 6.04 Å². The van der Waals surface area contributed by atoms with Crippen LogP contribution in [0.1, 0.15) is 36.0 Å². The van der Waals surface area contributed by atoms with Crippen LogP contribution in [0.25, 0.3) is 0 Å². The quantitative estimate of drug-likeness (QED) is 0.781. The second-order valence-electron chi connectivity index (χ2n) is 4.97. The monoisotopic (exact) mass is 266 g/mol. The number of nitrogens with one attached hydrogen (secondary N) is 2. The van der Waals surface area contributed by atoms with Gasteiger partial charge >= 0.3 is 0 Å². The first-order valence-corrected chi connectivity index (χ1v) is 6.57. The van der Waals surface area contributed by atoms with E-state index in [1.807, 2.05) is 7.05 Å². The summed E-state index contributed by atoms with van der Waals surface area (Å²) in [5, 5.41) is 15.7. The number of phenolic OH excluding ortho intramolecular Hbond substituents is 1. The molecule has 3 N–H and O–H groups in total. The number of hydrogen-bond acceptors (Lipinski definition) is 3. The maximum absolute atomic E-state index is 12.9. The van der Waals surface area contributed by atoms with E-state index in [9.17, 15) is 14.3 Å². The van der Waals surface area contributed by atoms with Gasteiger partial charge in [-0.05, 0) is 44.9 Å². The molecule has 0 heterocycles. The molecule has 1 aromatic carbocycles. The van der Waals surface area contributed by atoms with Crippen molar-refractivity contribution in [1.29, 1.82) is 0 Å². The number of halogens is 1. The van der Waals surface area contributed by atoms with Gasteiger partial charge in [-0.1, -0.05) is 0 Å². The van der Waals surface area contributed by atoms with Crippen molar-refractivity contribution in [2.24, 2.45) is 0 Å². The zero-order chi connectivity index (χ0) is 13.8. The van der Waals surface area contributed by atoms with Crippen LogP contribution in [-0.2, 0) is 0 Å². The van der Waals surface area contributed by atoms with Crippen molar-refractivity contribution in [3.8, 4) is 5.75 Å².